The van der Waals surface area contributed by atoms with E-state index in [1.54, 1.807) is 12.1 Å². The molecule has 1 atom stereocenters. The minimum atomic E-state index is -0.267. The zero-order chi connectivity index (χ0) is 14.8. The molecular formula is C17H18F2N2. The number of halogens is 2. The van der Waals surface area contributed by atoms with Crippen molar-refractivity contribution < 1.29 is 8.78 Å². The molecule has 3 rings (SSSR count). The number of rotatable bonds is 4. The lowest BCUT2D eigenvalue weighted by Crippen LogP contribution is -2.25. The van der Waals surface area contributed by atoms with Gasteiger partial charge in [0.25, 0.3) is 0 Å². The van der Waals surface area contributed by atoms with Gasteiger partial charge in [0.05, 0.1) is 0 Å². The summed E-state index contributed by atoms with van der Waals surface area (Å²) in [6.45, 7) is 1.63. The molecular weight excluding hydrogens is 270 g/mol. The number of nitrogens with two attached hydrogens (primary N) is 1. The van der Waals surface area contributed by atoms with Crippen molar-refractivity contribution in [2.75, 3.05) is 18.0 Å². The Morgan fingerprint density at radius 3 is 2.71 bits per heavy atom. The Balaban J connectivity index is 1.66. The van der Waals surface area contributed by atoms with Crippen molar-refractivity contribution in [2.24, 2.45) is 5.73 Å². The number of anilines is 1. The monoisotopic (exact) mass is 288 g/mol. The molecule has 110 valence electrons. The van der Waals surface area contributed by atoms with Gasteiger partial charge in [-0.05, 0) is 48.2 Å². The van der Waals surface area contributed by atoms with Gasteiger partial charge in [-0.1, -0.05) is 18.2 Å². The molecule has 0 amide bonds. The van der Waals surface area contributed by atoms with E-state index < -0.39 is 0 Å². The summed E-state index contributed by atoms with van der Waals surface area (Å²) in [6, 6.07) is 11.1. The second-order valence-corrected chi connectivity index (χ2v) is 5.46. The first-order valence-corrected chi connectivity index (χ1v) is 7.18. The van der Waals surface area contributed by atoms with Crippen LogP contribution in [0.15, 0.2) is 42.5 Å². The fourth-order valence-electron chi connectivity index (χ4n) is 2.85. The summed E-state index contributed by atoms with van der Waals surface area (Å²) in [5, 5.41) is 0. The van der Waals surface area contributed by atoms with E-state index in [9.17, 15) is 8.78 Å². The standard InChI is InChI=1S/C17H18F2N2/c18-14-3-1-2-13(10-14)16(20)7-9-21-8-6-12-4-5-15(19)11-17(12)21/h1-5,10-11,16H,6-9,20H2. The van der Waals surface area contributed by atoms with Gasteiger partial charge in [0, 0.05) is 24.8 Å². The maximum absolute atomic E-state index is 13.4. The van der Waals surface area contributed by atoms with Crippen LogP contribution in [0.25, 0.3) is 0 Å². The molecule has 0 fully saturated rings. The van der Waals surface area contributed by atoms with Crippen LogP contribution in [0.2, 0.25) is 0 Å². The van der Waals surface area contributed by atoms with Crippen LogP contribution in [0.3, 0.4) is 0 Å². The summed E-state index contributed by atoms with van der Waals surface area (Å²) in [4.78, 5) is 2.15. The van der Waals surface area contributed by atoms with Crippen LogP contribution in [0.1, 0.15) is 23.6 Å². The Bertz CT molecular complexity index is 642. The van der Waals surface area contributed by atoms with E-state index in [1.807, 2.05) is 12.1 Å². The van der Waals surface area contributed by atoms with Gasteiger partial charge in [0.15, 0.2) is 0 Å². The van der Waals surface area contributed by atoms with Crippen LogP contribution in [0.5, 0.6) is 0 Å². The van der Waals surface area contributed by atoms with Gasteiger partial charge < -0.3 is 10.6 Å². The Morgan fingerprint density at radius 1 is 1.10 bits per heavy atom. The molecule has 21 heavy (non-hydrogen) atoms. The molecule has 1 unspecified atom stereocenters. The van der Waals surface area contributed by atoms with Gasteiger partial charge in [0.2, 0.25) is 0 Å². The van der Waals surface area contributed by atoms with Crippen LogP contribution in [-0.2, 0) is 6.42 Å². The lowest BCUT2D eigenvalue weighted by Gasteiger charge is -2.22. The van der Waals surface area contributed by atoms with Gasteiger partial charge >= 0.3 is 0 Å². The van der Waals surface area contributed by atoms with Gasteiger partial charge in [-0.2, -0.15) is 0 Å². The van der Waals surface area contributed by atoms with E-state index in [0.29, 0.717) is 6.42 Å². The number of benzene rings is 2. The molecule has 0 saturated heterocycles. The quantitative estimate of drug-likeness (QED) is 0.934. The van der Waals surface area contributed by atoms with E-state index in [1.165, 1.54) is 23.8 Å². The highest BCUT2D eigenvalue weighted by atomic mass is 19.1. The smallest absolute Gasteiger partial charge is 0.125 e. The predicted molar refractivity (Wildman–Crippen MR) is 80.3 cm³/mol. The molecule has 0 spiro atoms. The molecule has 0 radical (unpaired) electrons. The third-order valence-electron chi connectivity index (χ3n) is 4.03. The highest BCUT2D eigenvalue weighted by molar-refractivity contribution is 5.58. The molecule has 2 aromatic carbocycles. The average Bonchev–Trinajstić information content (AvgIpc) is 2.87. The lowest BCUT2D eigenvalue weighted by molar-refractivity contribution is 0.604. The maximum Gasteiger partial charge on any atom is 0.125 e. The Kier molecular flexibility index (Phi) is 3.88. The van der Waals surface area contributed by atoms with Gasteiger partial charge in [0.1, 0.15) is 11.6 Å². The Labute approximate surface area is 123 Å². The molecule has 0 bridgehead atoms. The van der Waals surface area contributed by atoms with Crippen LogP contribution < -0.4 is 10.6 Å². The molecule has 0 aromatic heterocycles. The minimum Gasteiger partial charge on any atom is -0.371 e. The highest BCUT2D eigenvalue weighted by Crippen LogP contribution is 2.29. The summed E-state index contributed by atoms with van der Waals surface area (Å²) in [6.07, 6.45) is 1.64. The summed E-state index contributed by atoms with van der Waals surface area (Å²) >= 11 is 0. The first kappa shape index (κ1) is 14.0. The lowest BCUT2D eigenvalue weighted by atomic mass is 10.0. The molecule has 1 heterocycles. The molecule has 0 saturated carbocycles. The zero-order valence-corrected chi connectivity index (χ0v) is 11.7. The Hall–Kier alpha value is -1.94. The van der Waals surface area contributed by atoms with E-state index in [-0.39, 0.29) is 17.7 Å². The van der Waals surface area contributed by atoms with Crippen molar-refractivity contribution in [2.45, 2.75) is 18.9 Å². The molecule has 2 aromatic rings. The van der Waals surface area contributed by atoms with E-state index in [2.05, 4.69) is 4.90 Å². The maximum atomic E-state index is 13.4. The highest BCUT2D eigenvalue weighted by Gasteiger charge is 2.20. The fraction of sp³-hybridized carbons (Fsp3) is 0.294. The van der Waals surface area contributed by atoms with Crippen molar-refractivity contribution in [1.29, 1.82) is 0 Å². The van der Waals surface area contributed by atoms with E-state index >= 15 is 0 Å². The van der Waals surface area contributed by atoms with Crippen LogP contribution in [0, 0.1) is 11.6 Å². The third-order valence-corrected chi connectivity index (χ3v) is 4.03. The van der Waals surface area contributed by atoms with Gasteiger partial charge in [-0.25, -0.2) is 8.78 Å². The first-order chi connectivity index (χ1) is 10.1. The van der Waals surface area contributed by atoms with Gasteiger partial charge in [-0.15, -0.1) is 0 Å². The molecule has 1 aliphatic rings. The number of hydrogen-bond acceptors (Lipinski definition) is 2. The summed E-state index contributed by atoms with van der Waals surface area (Å²) in [7, 11) is 0. The van der Waals surface area contributed by atoms with Crippen LogP contribution >= 0.6 is 0 Å². The van der Waals surface area contributed by atoms with E-state index in [0.717, 1.165) is 30.8 Å². The second-order valence-electron chi connectivity index (χ2n) is 5.46. The number of hydrogen-bond donors (Lipinski definition) is 1. The number of fused-ring (bicyclic) bond motifs is 1. The van der Waals surface area contributed by atoms with Gasteiger partial charge in [-0.3, -0.25) is 0 Å². The largest absolute Gasteiger partial charge is 0.371 e. The third kappa shape index (κ3) is 3.05. The molecule has 4 heteroatoms. The van der Waals surface area contributed by atoms with Crippen molar-refractivity contribution in [3.63, 3.8) is 0 Å². The molecule has 2 N–H and O–H groups in total. The molecule has 0 aliphatic carbocycles. The van der Waals surface area contributed by atoms with Crippen molar-refractivity contribution in [3.8, 4) is 0 Å². The summed E-state index contributed by atoms with van der Waals surface area (Å²) < 4.78 is 26.6. The Morgan fingerprint density at radius 2 is 1.90 bits per heavy atom. The van der Waals surface area contributed by atoms with Crippen molar-refractivity contribution in [3.05, 3.63) is 65.2 Å². The van der Waals surface area contributed by atoms with Crippen molar-refractivity contribution >= 4 is 5.69 Å². The number of nitrogens with zero attached hydrogens (tertiary/aromatic N) is 1. The van der Waals surface area contributed by atoms with E-state index in [4.69, 9.17) is 5.73 Å². The second kappa shape index (κ2) is 5.82. The summed E-state index contributed by atoms with van der Waals surface area (Å²) in [5.41, 5.74) is 9.06. The van der Waals surface area contributed by atoms with Crippen LogP contribution in [0.4, 0.5) is 14.5 Å². The topological polar surface area (TPSA) is 29.3 Å². The molecule has 2 nitrogen and oxygen atoms in total. The summed E-state index contributed by atoms with van der Waals surface area (Å²) in [5.74, 6) is -0.480. The predicted octanol–water partition coefficient (Wildman–Crippen LogP) is 3.42. The minimum absolute atomic E-state index is 0.210. The van der Waals surface area contributed by atoms with Crippen molar-refractivity contribution in [1.82, 2.24) is 0 Å². The first-order valence-electron chi connectivity index (χ1n) is 7.18. The SMILES string of the molecule is NC(CCN1CCc2ccc(F)cc21)c1cccc(F)c1. The zero-order valence-electron chi connectivity index (χ0n) is 11.7. The van der Waals surface area contributed by atoms with Crippen LogP contribution in [-0.4, -0.2) is 13.1 Å². The molecule has 1 aliphatic heterocycles. The fourth-order valence-corrected chi connectivity index (χ4v) is 2.85. The normalized spacial score (nSPS) is 15.1. The average molecular weight is 288 g/mol.